The SMILES string of the molecule is NC=C(c1ncc(-c2ccc(NCCN)cc2)cn1)c1ccnc2ccccc12. The first-order chi connectivity index (χ1) is 14.3. The molecule has 0 aliphatic rings. The molecule has 0 saturated heterocycles. The zero-order valence-electron chi connectivity index (χ0n) is 15.9. The Kier molecular flexibility index (Phi) is 5.45. The summed E-state index contributed by atoms with van der Waals surface area (Å²) in [4.78, 5) is 13.5. The lowest BCUT2D eigenvalue weighted by Gasteiger charge is -2.10. The molecule has 0 fully saturated rings. The number of nitrogens with two attached hydrogens (primary N) is 2. The zero-order chi connectivity index (χ0) is 20.1. The van der Waals surface area contributed by atoms with Crippen LogP contribution in [-0.2, 0) is 0 Å². The van der Waals surface area contributed by atoms with Crippen LogP contribution in [0.4, 0.5) is 5.69 Å². The van der Waals surface area contributed by atoms with Crippen molar-refractivity contribution in [1.82, 2.24) is 15.0 Å². The minimum atomic E-state index is 0.578. The molecule has 0 amide bonds. The molecule has 0 aliphatic heterocycles. The number of rotatable bonds is 6. The Hall–Kier alpha value is -3.77. The van der Waals surface area contributed by atoms with Crippen LogP contribution in [0.15, 0.2) is 79.4 Å². The van der Waals surface area contributed by atoms with Gasteiger partial charge in [-0.1, -0.05) is 30.3 Å². The summed E-state index contributed by atoms with van der Waals surface area (Å²) in [5.41, 5.74) is 17.1. The number of pyridine rings is 1. The van der Waals surface area contributed by atoms with E-state index < -0.39 is 0 Å². The van der Waals surface area contributed by atoms with Crippen molar-refractivity contribution in [3.8, 4) is 11.1 Å². The summed E-state index contributed by atoms with van der Waals surface area (Å²) in [7, 11) is 0. The highest BCUT2D eigenvalue weighted by atomic mass is 14.9. The summed E-state index contributed by atoms with van der Waals surface area (Å²) in [6.07, 6.45) is 6.96. The molecule has 0 bridgehead atoms. The molecule has 4 rings (SSSR count). The van der Waals surface area contributed by atoms with Gasteiger partial charge in [0.25, 0.3) is 0 Å². The second-order valence-electron chi connectivity index (χ2n) is 6.54. The third-order valence-electron chi connectivity index (χ3n) is 4.69. The number of para-hydroxylation sites is 1. The van der Waals surface area contributed by atoms with Crippen LogP contribution in [0.5, 0.6) is 0 Å². The lowest BCUT2D eigenvalue weighted by Crippen LogP contribution is -2.12. The van der Waals surface area contributed by atoms with Crippen molar-refractivity contribution in [2.75, 3.05) is 18.4 Å². The van der Waals surface area contributed by atoms with Gasteiger partial charge in [-0.05, 0) is 35.4 Å². The van der Waals surface area contributed by atoms with Gasteiger partial charge in [0.05, 0.1) is 5.52 Å². The van der Waals surface area contributed by atoms with E-state index in [-0.39, 0.29) is 0 Å². The second-order valence-corrected chi connectivity index (χ2v) is 6.54. The monoisotopic (exact) mass is 382 g/mol. The summed E-state index contributed by atoms with van der Waals surface area (Å²) in [5, 5.41) is 4.27. The topological polar surface area (TPSA) is 103 Å². The van der Waals surface area contributed by atoms with Crippen LogP contribution < -0.4 is 16.8 Å². The second kappa shape index (κ2) is 8.50. The standard InChI is InChI=1S/C23H22N6/c24-10-12-26-18-7-5-16(6-8-18)17-14-28-23(29-15-17)21(13-25)19-9-11-27-22-4-2-1-3-20(19)22/h1-9,11,13-15,26H,10,12,24-25H2. The molecule has 6 nitrogen and oxygen atoms in total. The highest BCUT2D eigenvalue weighted by molar-refractivity contribution is 5.94. The molecule has 0 radical (unpaired) electrons. The van der Waals surface area contributed by atoms with E-state index >= 15 is 0 Å². The molecule has 0 atom stereocenters. The lowest BCUT2D eigenvalue weighted by molar-refractivity contribution is 1.02. The normalized spacial score (nSPS) is 11.6. The molecular weight excluding hydrogens is 360 g/mol. The lowest BCUT2D eigenvalue weighted by atomic mass is 10.0. The molecule has 29 heavy (non-hydrogen) atoms. The molecule has 0 aliphatic carbocycles. The quantitative estimate of drug-likeness (QED) is 0.472. The van der Waals surface area contributed by atoms with Crippen LogP contribution in [0.2, 0.25) is 0 Å². The molecular formula is C23H22N6. The van der Waals surface area contributed by atoms with E-state index in [0.717, 1.165) is 45.4 Å². The molecule has 0 spiro atoms. The number of aromatic nitrogens is 3. The van der Waals surface area contributed by atoms with Crippen LogP contribution in [0.3, 0.4) is 0 Å². The van der Waals surface area contributed by atoms with Gasteiger partial charge in [-0.2, -0.15) is 0 Å². The average Bonchev–Trinajstić information content (AvgIpc) is 2.79. The number of fused-ring (bicyclic) bond motifs is 1. The van der Waals surface area contributed by atoms with Crippen LogP contribution in [0, 0.1) is 0 Å². The van der Waals surface area contributed by atoms with Gasteiger partial charge in [0.1, 0.15) is 0 Å². The number of nitrogens with one attached hydrogen (secondary N) is 1. The number of anilines is 1. The molecule has 2 heterocycles. The van der Waals surface area contributed by atoms with E-state index in [2.05, 4.69) is 20.3 Å². The predicted molar refractivity (Wildman–Crippen MR) is 118 cm³/mol. The van der Waals surface area contributed by atoms with Gasteiger partial charge in [-0.25, -0.2) is 9.97 Å². The van der Waals surface area contributed by atoms with Gasteiger partial charge >= 0.3 is 0 Å². The molecule has 6 heteroatoms. The average molecular weight is 382 g/mol. The van der Waals surface area contributed by atoms with Crippen LogP contribution >= 0.6 is 0 Å². The molecule has 0 unspecified atom stereocenters. The van der Waals surface area contributed by atoms with E-state index in [9.17, 15) is 0 Å². The number of benzene rings is 2. The van der Waals surface area contributed by atoms with Crippen molar-refractivity contribution in [1.29, 1.82) is 0 Å². The Morgan fingerprint density at radius 2 is 1.66 bits per heavy atom. The maximum atomic E-state index is 5.96. The van der Waals surface area contributed by atoms with Crippen molar-refractivity contribution in [2.24, 2.45) is 11.5 Å². The van der Waals surface area contributed by atoms with Crippen molar-refractivity contribution >= 4 is 22.2 Å². The van der Waals surface area contributed by atoms with E-state index in [1.54, 1.807) is 12.4 Å². The molecule has 2 aromatic heterocycles. The van der Waals surface area contributed by atoms with E-state index in [0.29, 0.717) is 12.4 Å². The van der Waals surface area contributed by atoms with E-state index in [1.165, 1.54) is 0 Å². The van der Waals surface area contributed by atoms with E-state index in [4.69, 9.17) is 11.5 Å². The zero-order valence-corrected chi connectivity index (χ0v) is 15.9. The first kappa shape index (κ1) is 18.6. The minimum Gasteiger partial charge on any atom is -0.404 e. The third-order valence-corrected chi connectivity index (χ3v) is 4.69. The third kappa shape index (κ3) is 3.93. The van der Waals surface area contributed by atoms with Gasteiger partial charge in [-0.3, -0.25) is 4.98 Å². The Morgan fingerprint density at radius 1 is 0.897 bits per heavy atom. The number of nitrogens with zero attached hydrogens (tertiary/aromatic N) is 3. The molecule has 144 valence electrons. The van der Waals surface area contributed by atoms with Gasteiger partial charge < -0.3 is 16.8 Å². The highest BCUT2D eigenvalue weighted by Crippen LogP contribution is 2.27. The molecule has 2 aromatic carbocycles. The largest absolute Gasteiger partial charge is 0.404 e. The molecule has 0 saturated carbocycles. The molecule has 5 N–H and O–H groups in total. The molecule has 4 aromatic rings. The first-order valence-corrected chi connectivity index (χ1v) is 9.43. The Bertz CT molecular complexity index is 1130. The summed E-state index contributed by atoms with van der Waals surface area (Å²) < 4.78 is 0. The fourth-order valence-electron chi connectivity index (χ4n) is 3.23. The van der Waals surface area contributed by atoms with Gasteiger partial charge in [-0.15, -0.1) is 0 Å². The van der Waals surface area contributed by atoms with Gasteiger partial charge in [0.2, 0.25) is 0 Å². The smallest absolute Gasteiger partial charge is 0.161 e. The van der Waals surface area contributed by atoms with E-state index in [1.807, 2.05) is 67.0 Å². The number of hydrogen-bond acceptors (Lipinski definition) is 6. The van der Waals surface area contributed by atoms with Crippen LogP contribution in [-0.4, -0.2) is 28.0 Å². The number of hydrogen-bond donors (Lipinski definition) is 3. The first-order valence-electron chi connectivity index (χ1n) is 9.43. The summed E-state index contributed by atoms with van der Waals surface area (Å²) in [6, 6.07) is 18.0. The predicted octanol–water partition coefficient (Wildman–Crippen LogP) is 3.41. The van der Waals surface area contributed by atoms with Crippen molar-refractivity contribution in [3.63, 3.8) is 0 Å². The van der Waals surface area contributed by atoms with Crippen molar-refractivity contribution < 1.29 is 0 Å². The maximum absolute atomic E-state index is 5.96. The maximum Gasteiger partial charge on any atom is 0.161 e. The van der Waals surface area contributed by atoms with Crippen LogP contribution in [0.25, 0.3) is 27.6 Å². The van der Waals surface area contributed by atoms with Gasteiger partial charge in [0, 0.05) is 60.1 Å². The van der Waals surface area contributed by atoms with Crippen molar-refractivity contribution in [3.05, 3.63) is 90.8 Å². The fourth-order valence-corrected chi connectivity index (χ4v) is 3.23. The summed E-state index contributed by atoms with van der Waals surface area (Å²) >= 11 is 0. The Morgan fingerprint density at radius 3 is 2.38 bits per heavy atom. The Labute approximate surface area is 169 Å². The highest BCUT2D eigenvalue weighted by Gasteiger charge is 2.12. The summed E-state index contributed by atoms with van der Waals surface area (Å²) in [6.45, 7) is 1.34. The van der Waals surface area contributed by atoms with Crippen LogP contribution in [0.1, 0.15) is 11.4 Å². The minimum absolute atomic E-state index is 0.578. The van der Waals surface area contributed by atoms with Crippen molar-refractivity contribution in [2.45, 2.75) is 0 Å². The fraction of sp³-hybridized carbons (Fsp3) is 0.0870. The van der Waals surface area contributed by atoms with Gasteiger partial charge in [0.15, 0.2) is 5.82 Å². The summed E-state index contributed by atoms with van der Waals surface area (Å²) in [5.74, 6) is 0.578. The Balaban J connectivity index is 1.62.